The molecule has 7 heteroatoms. The Kier molecular flexibility index (Phi) is 4.23. The summed E-state index contributed by atoms with van der Waals surface area (Å²) in [5, 5.41) is 0. The molecule has 0 saturated carbocycles. The van der Waals surface area contributed by atoms with Crippen LogP contribution in [0.1, 0.15) is 10.4 Å². The van der Waals surface area contributed by atoms with Crippen LogP contribution in [0.4, 0.5) is 0 Å². The largest absolute Gasteiger partial charge is 0.361 e. The lowest BCUT2D eigenvalue weighted by atomic mass is 10.2. The van der Waals surface area contributed by atoms with Gasteiger partial charge in [-0.1, -0.05) is 12.1 Å². The molecule has 0 atom stereocenters. The number of hydrazine groups is 1. The highest BCUT2D eigenvalue weighted by Gasteiger charge is 2.12. The molecule has 0 spiro atoms. The van der Waals surface area contributed by atoms with Gasteiger partial charge >= 0.3 is 11.8 Å². The Morgan fingerprint density at radius 3 is 2.31 bits per heavy atom. The first-order valence-electron chi connectivity index (χ1n) is 4.17. The van der Waals surface area contributed by atoms with E-state index in [4.69, 9.17) is 0 Å². The van der Waals surface area contributed by atoms with Gasteiger partial charge in [-0.15, -0.1) is 0 Å². The van der Waals surface area contributed by atoms with Gasteiger partial charge < -0.3 is 5.73 Å². The molecule has 6 nitrogen and oxygen atoms in total. The smallest absolute Gasteiger partial charge is 0.327 e. The number of halogens is 1. The third-order valence-corrected chi connectivity index (χ3v) is 2.57. The van der Waals surface area contributed by atoms with Crippen LogP contribution in [-0.4, -0.2) is 17.7 Å². The lowest BCUT2D eigenvalue weighted by Gasteiger charge is -2.06. The summed E-state index contributed by atoms with van der Waals surface area (Å²) >= 11 is 1.98. The quantitative estimate of drug-likeness (QED) is 0.368. The normalized spacial score (nSPS) is 9.31. The second-order valence-electron chi connectivity index (χ2n) is 2.75. The van der Waals surface area contributed by atoms with Crippen molar-refractivity contribution in [2.75, 3.05) is 0 Å². The lowest BCUT2D eigenvalue weighted by Crippen LogP contribution is -2.47. The fourth-order valence-electron chi connectivity index (χ4n) is 0.888. The summed E-state index contributed by atoms with van der Waals surface area (Å²) in [4.78, 5) is 32.6. The van der Waals surface area contributed by atoms with Crippen LogP contribution in [0, 0.1) is 3.57 Å². The van der Waals surface area contributed by atoms with Crippen LogP contribution in [-0.2, 0) is 9.59 Å². The van der Waals surface area contributed by atoms with Crippen molar-refractivity contribution < 1.29 is 14.4 Å². The molecule has 0 bridgehead atoms. The third-order valence-electron chi connectivity index (χ3n) is 1.63. The molecule has 1 rings (SSSR count). The first-order valence-corrected chi connectivity index (χ1v) is 5.25. The van der Waals surface area contributed by atoms with Gasteiger partial charge in [0.05, 0.1) is 5.56 Å². The predicted octanol–water partition coefficient (Wildman–Crippen LogP) is -0.462. The number of rotatable bonds is 1. The number of carbonyl (C=O) groups excluding carboxylic acids is 3. The monoisotopic (exact) mass is 333 g/mol. The van der Waals surface area contributed by atoms with Crippen LogP contribution >= 0.6 is 22.6 Å². The summed E-state index contributed by atoms with van der Waals surface area (Å²) in [6.07, 6.45) is 0. The molecule has 84 valence electrons. The van der Waals surface area contributed by atoms with E-state index < -0.39 is 17.7 Å². The van der Waals surface area contributed by atoms with Crippen molar-refractivity contribution in [1.82, 2.24) is 10.9 Å². The Bertz CT molecular complexity index is 447. The number of hydrogen-bond donors (Lipinski definition) is 3. The summed E-state index contributed by atoms with van der Waals surface area (Å²) in [5.74, 6) is -2.75. The highest BCUT2D eigenvalue weighted by molar-refractivity contribution is 14.1. The maximum absolute atomic E-state index is 11.5. The summed E-state index contributed by atoms with van der Waals surface area (Å²) in [7, 11) is 0. The first-order chi connectivity index (χ1) is 7.52. The van der Waals surface area contributed by atoms with Gasteiger partial charge in [-0.25, -0.2) is 0 Å². The number of primary amides is 1. The van der Waals surface area contributed by atoms with E-state index in [9.17, 15) is 14.4 Å². The Morgan fingerprint density at radius 2 is 1.75 bits per heavy atom. The van der Waals surface area contributed by atoms with E-state index in [2.05, 4.69) is 11.2 Å². The average Bonchev–Trinajstić information content (AvgIpc) is 2.25. The SMILES string of the molecule is NC(=O)C(=O)NNC(=O)c1ccccc1I. The second kappa shape index (κ2) is 5.45. The summed E-state index contributed by atoms with van der Waals surface area (Å²) in [5.41, 5.74) is 9.05. The van der Waals surface area contributed by atoms with Crippen molar-refractivity contribution in [3.8, 4) is 0 Å². The fourth-order valence-corrected chi connectivity index (χ4v) is 1.52. The number of benzene rings is 1. The van der Waals surface area contributed by atoms with Gasteiger partial charge in [0, 0.05) is 3.57 Å². The zero-order valence-corrected chi connectivity index (χ0v) is 10.1. The molecule has 1 aromatic carbocycles. The van der Waals surface area contributed by atoms with Gasteiger partial charge in [0.1, 0.15) is 0 Å². The lowest BCUT2D eigenvalue weighted by molar-refractivity contribution is -0.137. The van der Waals surface area contributed by atoms with Gasteiger partial charge in [0.15, 0.2) is 0 Å². The van der Waals surface area contributed by atoms with Crippen molar-refractivity contribution in [3.63, 3.8) is 0 Å². The van der Waals surface area contributed by atoms with Crippen molar-refractivity contribution in [2.45, 2.75) is 0 Å². The third kappa shape index (κ3) is 3.19. The minimum atomic E-state index is -1.16. The van der Waals surface area contributed by atoms with Crippen LogP contribution in [0.5, 0.6) is 0 Å². The standard InChI is InChI=1S/C9H8IN3O3/c10-6-4-2-1-3-5(6)8(15)12-13-9(16)7(11)14/h1-4H,(H2,11,14)(H,12,15)(H,13,16). The van der Waals surface area contributed by atoms with Crippen LogP contribution in [0.2, 0.25) is 0 Å². The zero-order valence-electron chi connectivity index (χ0n) is 7.99. The molecule has 0 aliphatic rings. The van der Waals surface area contributed by atoms with Crippen molar-refractivity contribution in [3.05, 3.63) is 33.4 Å². The van der Waals surface area contributed by atoms with Gasteiger partial charge in [0.2, 0.25) is 0 Å². The van der Waals surface area contributed by atoms with E-state index in [0.717, 1.165) is 3.57 Å². The Balaban J connectivity index is 2.64. The van der Waals surface area contributed by atoms with Gasteiger partial charge in [-0.3, -0.25) is 25.2 Å². The second-order valence-corrected chi connectivity index (χ2v) is 3.91. The molecule has 0 unspecified atom stereocenters. The van der Waals surface area contributed by atoms with Crippen molar-refractivity contribution >= 4 is 40.3 Å². The number of nitrogens with two attached hydrogens (primary N) is 1. The Hall–Kier alpha value is -1.64. The van der Waals surface area contributed by atoms with E-state index >= 15 is 0 Å². The van der Waals surface area contributed by atoms with E-state index in [-0.39, 0.29) is 0 Å². The molecule has 0 radical (unpaired) electrons. The maximum atomic E-state index is 11.5. The molecule has 0 heterocycles. The maximum Gasteiger partial charge on any atom is 0.327 e. The fraction of sp³-hybridized carbons (Fsp3) is 0. The minimum Gasteiger partial charge on any atom is -0.361 e. The van der Waals surface area contributed by atoms with Crippen molar-refractivity contribution in [2.24, 2.45) is 5.73 Å². The minimum absolute atomic E-state index is 0.396. The predicted molar refractivity (Wildman–Crippen MR) is 64.0 cm³/mol. The zero-order chi connectivity index (χ0) is 12.1. The average molecular weight is 333 g/mol. The Morgan fingerprint density at radius 1 is 1.12 bits per heavy atom. The van der Waals surface area contributed by atoms with E-state index in [1.54, 1.807) is 24.3 Å². The molecule has 16 heavy (non-hydrogen) atoms. The van der Waals surface area contributed by atoms with Crippen LogP contribution < -0.4 is 16.6 Å². The van der Waals surface area contributed by atoms with Gasteiger partial charge in [0.25, 0.3) is 5.91 Å². The topological polar surface area (TPSA) is 101 Å². The highest BCUT2D eigenvalue weighted by atomic mass is 127. The van der Waals surface area contributed by atoms with E-state index in [1.807, 2.05) is 28.0 Å². The number of hydrogen-bond acceptors (Lipinski definition) is 3. The molecule has 0 aliphatic heterocycles. The molecule has 3 amide bonds. The number of amides is 3. The number of carbonyl (C=O) groups is 3. The highest BCUT2D eigenvalue weighted by Crippen LogP contribution is 2.10. The molecule has 0 fully saturated rings. The molecule has 1 aromatic rings. The molecule has 4 N–H and O–H groups in total. The van der Waals surface area contributed by atoms with Gasteiger partial charge in [-0.05, 0) is 34.7 Å². The molecular formula is C9H8IN3O3. The van der Waals surface area contributed by atoms with Gasteiger partial charge in [-0.2, -0.15) is 0 Å². The summed E-state index contributed by atoms with van der Waals surface area (Å²) < 4.78 is 0.728. The molecule has 0 aliphatic carbocycles. The first kappa shape index (κ1) is 12.4. The van der Waals surface area contributed by atoms with E-state index in [1.165, 1.54) is 0 Å². The summed E-state index contributed by atoms with van der Waals surface area (Å²) in [6, 6.07) is 6.80. The Labute approximate surface area is 105 Å². The summed E-state index contributed by atoms with van der Waals surface area (Å²) in [6.45, 7) is 0. The molecule has 0 aromatic heterocycles. The van der Waals surface area contributed by atoms with E-state index in [0.29, 0.717) is 5.56 Å². The van der Waals surface area contributed by atoms with Crippen molar-refractivity contribution in [1.29, 1.82) is 0 Å². The van der Waals surface area contributed by atoms with Crippen LogP contribution in [0.3, 0.4) is 0 Å². The molecular weight excluding hydrogens is 325 g/mol. The number of nitrogens with one attached hydrogen (secondary N) is 2. The molecule has 0 saturated heterocycles. The van der Waals surface area contributed by atoms with Crippen LogP contribution in [0.25, 0.3) is 0 Å². The van der Waals surface area contributed by atoms with Crippen LogP contribution in [0.15, 0.2) is 24.3 Å².